The van der Waals surface area contributed by atoms with E-state index < -0.39 is 7.52 Å². The highest BCUT2D eigenvalue weighted by molar-refractivity contribution is 7.55. The molecule has 8 heavy (non-hydrogen) atoms. The molecule has 0 aromatic heterocycles. The second-order valence-corrected chi connectivity index (χ2v) is 4.01. The largest absolute Gasteiger partial charge is 0.333 e. The van der Waals surface area contributed by atoms with Gasteiger partial charge in [0.2, 0.25) is 0 Å². The highest BCUT2D eigenvalue weighted by atomic mass is 35.5. The Kier molecular flexibility index (Phi) is 3.65. The van der Waals surface area contributed by atoms with Crippen LogP contribution < -0.4 is 5.09 Å². The van der Waals surface area contributed by atoms with Crippen molar-refractivity contribution in [2.45, 2.75) is 0 Å². The zero-order valence-corrected chi connectivity index (χ0v) is 6.25. The average Bonchev–Trinajstić information content (AvgIpc) is 1.67. The molecule has 2 N–H and O–H groups in total. The van der Waals surface area contributed by atoms with Crippen molar-refractivity contribution in [1.82, 2.24) is 5.09 Å². The maximum Gasteiger partial charge on any atom is 0.268 e. The van der Waals surface area contributed by atoms with Gasteiger partial charge < -0.3 is 4.89 Å². The van der Waals surface area contributed by atoms with Gasteiger partial charge in [-0.05, 0) is 7.05 Å². The van der Waals surface area contributed by atoms with Gasteiger partial charge in [-0.2, -0.15) is 0 Å². The number of halogens is 1. The van der Waals surface area contributed by atoms with E-state index >= 15 is 0 Å². The van der Waals surface area contributed by atoms with Crippen molar-refractivity contribution in [3.63, 3.8) is 0 Å². The van der Waals surface area contributed by atoms with E-state index in [2.05, 4.69) is 5.09 Å². The van der Waals surface area contributed by atoms with Crippen molar-refractivity contribution in [3.8, 4) is 0 Å². The van der Waals surface area contributed by atoms with Crippen molar-refractivity contribution in [3.05, 3.63) is 0 Å². The minimum absolute atomic E-state index is 0.130. The van der Waals surface area contributed by atoms with E-state index in [1.165, 1.54) is 7.05 Å². The third-order valence-corrected chi connectivity index (χ3v) is 2.72. The van der Waals surface area contributed by atoms with Gasteiger partial charge in [0.05, 0.1) is 6.16 Å². The van der Waals surface area contributed by atoms with Crippen LogP contribution in [0.1, 0.15) is 0 Å². The molecule has 5 heteroatoms. The lowest BCUT2D eigenvalue weighted by atomic mass is 11.0. The van der Waals surface area contributed by atoms with Crippen LogP contribution in [0.4, 0.5) is 0 Å². The van der Waals surface area contributed by atoms with E-state index in [9.17, 15) is 4.57 Å². The lowest BCUT2D eigenvalue weighted by Gasteiger charge is -2.05. The molecule has 0 aliphatic heterocycles. The first-order chi connectivity index (χ1) is 3.62. The molecule has 1 atom stereocenters. The zero-order chi connectivity index (χ0) is 6.62. The quantitative estimate of drug-likeness (QED) is 0.467. The van der Waals surface area contributed by atoms with Crippen molar-refractivity contribution >= 4 is 19.1 Å². The van der Waals surface area contributed by atoms with Crippen molar-refractivity contribution in [2.24, 2.45) is 0 Å². The van der Waals surface area contributed by atoms with Gasteiger partial charge in [0, 0.05) is 5.88 Å². The molecule has 0 aliphatic rings. The first-order valence-electron chi connectivity index (χ1n) is 2.19. The Balaban J connectivity index is 3.55. The Morgan fingerprint density at radius 3 is 2.50 bits per heavy atom. The number of alkyl halides is 1. The van der Waals surface area contributed by atoms with Gasteiger partial charge in [-0.3, -0.25) is 4.57 Å². The first-order valence-corrected chi connectivity index (χ1v) is 4.57. The van der Waals surface area contributed by atoms with Crippen LogP contribution in [0, 0.1) is 0 Å². The van der Waals surface area contributed by atoms with Gasteiger partial charge >= 0.3 is 0 Å². The Labute approximate surface area is 53.5 Å². The zero-order valence-electron chi connectivity index (χ0n) is 4.59. The van der Waals surface area contributed by atoms with E-state index in [0.29, 0.717) is 0 Å². The Hall–Kier alpha value is 0.440. The fourth-order valence-electron chi connectivity index (χ4n) is 0.226. The minimum Gasteiger partial charge on any atom is -0.333 e. The van der Waals surface area contributed by atoms with Gasteiger partial charge in [0.1, 0.15) is 0 Å². The Bertz CT molecular complexity index is 107. The standard InChI is InChI=1S/C3H9ClNO2P/c1-5-8(6,7)3-2-4/h2-3H2,1H3,(H2,5,6,7). The second-order valence-electron chi connectivity index (χ2n) is 1.34. The van der Waals surface area contributed by atoms with E-state index in [1.807, 2.05) is 0 Å². The number of hydrogen-bond acceptors (Lipinski definition) is 1. The van der Waals surface area contributed by atoms with Gasteiger partial charge in [-0.25, -0.2) is 5.09 Å². The number of rotatable bonds is 3. The third kappa shape index (κ3) is 3.44. The van der Waals surface area contributed by atoms with E-state index in [4.69, 9.17) is 16.5 Å². The lowest BCUT2D eigenvalue weighted by molar-refractivity contribution is 0.470. The highest BCUT2D eigenvalue weighted by Crippen LogP contribution is 2.33. The van der Waals surface area contributed by atoms with E-state index in [-0.39, 0.29) is 12.0 Å². The molecule has 0 radical (unpaired) electrons. The predicted molar refractivity (Wildman–Crippen MR) is 34.5 cm³/mol. The van der Waals surface area contributed by atoms with Gasteiger partial charge in [-0.1, -0.05) is 0 Å². The maximum atomic E-state index is 10.5. The van der Waals surface area contributed by atoms with Crippen molar-refractivity contribution < 1.29 is 9.46 Å². The fourth-order valence-corrected chi connectivity index (χ4v) is 1.37. The molecular formula is C3H9ClNO2P. The monoisotopic (exact) mass is 157 g/mol. The number of nitrogens with one attached hydrogen (secondary N) is 1. The molecule has 0 aromatic rings. The summed E-state index contributed by atoms with van der Waals surface area (Å²) in [4.78, 5) is 8.68. The summed E-state index contributed by atoms with van der Waals surface area (Å²) in [5.74, 6) is 0.217. The van der Waals surface area contributed by atoms with Crippen LogP contribution in [0.25, 0.3) is 0 Å². The Morgan fingerprint density at radius 1 is 1.88 bits per heavy atom. The summed E-state index contributed by atoms with van der Waals surface area (Å²) in [6.07, 6.45) is 0.130. The highest BCUT2D eigenvalue weighted by Gasteiger charge is 2.11. The fraction of sp³-hybridized carbons (Fsp3) is 1.00. The second kappa shape index (κ2) is 3.46. The molecule has 3 nitrogen and oxygen atoms in total. The van der Waals surface area contributed by atoms with Crippen molar-refractivity contribution in [1.29, 1.82) is 0 Å². The summed E-state index contributed by atoms with van der Waals surface area (Å²) < 4.78 is 10.5. The molecular weight excluding hydrogens is 148 g/mol. The molecule has 0 fully saturated rings. The summed E-state index contributed by atoms with van der Waals surface area (Å²) in [6.45, 7) is 0. The first kappa shape index (κ1) is 8.44. The molecule has 0 amide bonds. The van der Waals surface area contributed by atoms with Gasteiger partial charge in [0.25, 0.3) is 7.52 Å². The van der Waals surface area contributed by atoms with Crippen LogP contribution in [-0.4, -0.2) is 24.0 Å². The molecule has 0 saturated carbocycles. The van der Waals surface area contributed by atoms with Crippen LogP contribution in [0.3, 0.4) is 0 Å². The third-order valence-electron chi connectivity index (χ3n) is 0.737. The molecule has 0 saturated heterocycles. The topological polar surface area (TPSA) is 49.3 Å². The van der Waals surface area contributed by atoms with E-state index in [1.54, 1.807) is 0 Å². The molecule has 0 spiro atoms. The van der Waals surface area contributed by atoms with Crippen LogP contribution in [-0.2, 0) is 4.57 Å². The van der Waals surface area contributed by atoms with Gasteiger partial charge in [0.15, 0.2) is 0 Å². The van der Waals surface area contributed by atoms with Crippen LogP contribution >= 0.6 is 19.1 Å². The Morgan fingerprint density at radius 2 is 2.38 bits per heavy atom. The molecule has 50 valence electrons. The van der Waals surface area contributed by atoms with Crippen LogP contribution in [0.15, 0.2) is 0 Å². The summed E-state index contributed by atoms with van der Waals surface area (Å²) in [6, 6.07) is 0. The van der Waals surface area contributed by atoms with Crippen LogP contribution in [0.2, 0.25) is 0 Å². The molecule has 0 aromatic carbocycles. The van der Waals surface area contributed by atoms with Crippen molar-refractivity contribution in [2.75, 3.05) is 19.1 Å². The average molecular weight is 158 g/mol. The molecule has 0 rings (SSSR count). The summed E-state index contributed by atoms with van der Waals surface area (Å²) in [5, 5.41) is 2.27. The maximum absolute atomic E-state index is 10.5. The smallest absolute Gasteiger partial charge is 0.268 e. The summed E-state index contributed by atoms with van der Waals surface area (Å²) >= 11 is 5.19. The molecule has 0 bridgehead atoms. The molecule has 1 unspecified atom stereocenters. The predicted octanol–water partition coefficient (Wildman–Crippen LogP) is 0.630. The molecule has 0 aliphatic carbocycles. The van der Waals surface area contributed by atoms with E-state index in [0.717, 1.165) is 0 Å². The number of hydrogen-bond donors (Lipinski definition) is 2. The van der Waals surface area contributed by atoms with Gasteiger partial charge in [-0.15, -0.1) is 11.6 Å². The summed E-state index contributed by atoms with van der Waals surface area (Å²) in [7, 11) is -1.62. The SMILES string of the molecule is CNP(=O)(O)CCCl. The molecule has 0 heterocycles. The summed E-state index contributed by atoms with van der Waals surface area (Å²) in [5.41, 5.74) is 0. The normalized spacial score (nSPS) is 17.9. The minimum atomic E-state index is -3.06. The lowest BCUT2D eigenvalue weighted by Crippen LogP contribution is -2.05. The van der Waals surface area contributed by atoms with Crippen LogP contribution in [0.5, 0.6) is 0 Å².